The third-order valence-electron chi connectivity index (χ3n) is 3.06. The minimum absolute atomic E-state index is 0.191. The Balaban J connectivity index is 2.30. The lowest BCUT2D eigenvalue weighted by molar-refractivity contribution is -0.149. The summed E-state index contributed by atoms with van der Waals surface area (Å²) in [5, 5.41) is 0. The van der Waals surface area contributed by atoms with Gasteiger partial charge in [-0.2, -0.15) is 0 Å². The maximum Gasteiger partial charge on any atom is 0.325 e. The SMILES string of the molecule is COCCOC1CCC(N)(C(=O)OC)CC1. The Morgan fingerprint density at radius 2 is 1.94 bits per heavy atom. The highest BCUT2D eigenvalue weighted by molar-refractivity contribution is 5.80. The van der Waals surface area contributed by atoms with Crippen LogP contribution in [0.1, 0.15) is 25.7 Å². The van der Waals surface area contributed by atoms with Gasteiger partial charge in [0.05, 0.1) is 26.4 Å². The van der Waals surface area contributed by atoms with Gasteiger partial charge >= 0.3 is 5.97 Å². The first-order valence-corrected chi connectivity index (χ1v) is 5.60. The van der Waals surface area contributed by atoms with Crippen molar-refractivity contribution in [1.82, 2.24) is 0 Å². The average molecular weight is 231 g/mol. The van der Waals surface area contributed by atoms with E-state index in [1.807, 2.05) is 0 Å². The van der Waals surface area contributed by atoms with Gasteiger partial charge in [0, 0.05) is 7.11 Å². The van der Waals surface area contributed by atoms with Gasteiger partial charge < -0.3 is 19.9 Å². The first kappa shape index (κ1) is 13.4. The number of rotatable bonds is 5. The summed E-state index contributed by atoms with van der Waals surface area (Å²) in [5.41, 5.74) is 5.17. The topological polar surface area (TPSA) is 70.8 Å². The lowest BCUT2D eigenvalue weighted by Gasteiger charge is -2.34. The number of ether oxygens (including phenoxy) is 3. The van der Waals surface area contributed by atoms with Gasteiger partial charge in [0.1, 0.15) is 5.54 Å². The minimum atomic E-state index is -0.810. The van der Waals surface area contributed by atoms with Crippen LogP contribution >= 0.6 is 0 Å². The van der Waals surface area contributed by atoms with E-state index in [1.54, 1.807) is 7.11 Å². The lowest BCUT2D eigenvalue weighted by atomic mass is 9.81. The normalized spacial score (nSPS) is 30.1. The summed E-state index contributed by atoms with van der Waals surface area (Å²) in [6.07, 6.45) is 3.04. The predicted octanol–water partition coefficient (Wildman–Crippen LogP) is 0.463. The van der Waals surface area contributed by atoms with Crippen molar-refractivity contribution >= 4 is 5.97 Å². The van der Waals surface area contributed by atoms with Crippen LogP contribution in [0.3, 0.4) is 0 Å². The van der Waals surface area contributed by atoms with Crippen LogP contribution in [-0.2, 0) is 19.0 Å². The van der Waals surface area contributed by atoms with Crippen molar-refractivity contribution in [2.45, 2.75) is 37.3 Å². The van der Waals surface area contributed by atoms with Crippen molar-refractivity contribution in [3.8, 4) is 0 Å². The molecule has 1 rings (SSSR count). The Hall–Kier alpha value is -0.650. The van der Waals surface area contributed by atoms with Gasteiger partial charge in [-0.1, -0.05) is 0 Å². The molecule has 0 radical (unpaired) electrons. The number of hydrogen-bond donors (Lipinski definition) is 1. The van der Waals surface area contributed by atoms with Crippen LogP contribution in [0.15, 0.2) is 0 Å². The molecule has 0 aromatic rings. The second kappa shape index (κ2) is 6.18. The molecule has 16 heavy (non-hydrogen) atoms. The van der Waals surface area contributed by atoms with Crippen LogP contribution in [-0.4, -0.2) is 45.0 Å². The summed E-state index contributed by atoms with van der Waals surface area (Å²) in [7, 11) is 3.02. The summed E-state index contributed by atoms with van der Waals surface area (Å²) in [6, 6.07) is 0. The fourth-order valence-electron chi connectivity index (χ4n) is 1.98. The van der Waals surface area contributed by atoms with Gasteiger partial charge in [-0.3, -0.25) is 4.79 Å². The highest BCUT2D eigenvalue weighted by Gasteiger charge is 2.39. The fraction of sp³-hybridized carbons (Fsp3) is 0.909. The van der Waals surface area contributed by atoms with E-state index in [4.69, 9.17) is 19.9 Å². The molecule has 1 saturated carbocycles. The highest BCUT2D eigenvalue weighted by atomic mass is 16.5. The van der Waals surface area contributed by atoms with Gasteiger partial charge in [-0.25, -0.2) is 0 Å². The zero-order valence-corrected chi connectivity index (χ0v) is 10.0. The number of nitrogens with two attached hydrogens (primary N) is 1. The molecule has 0 saturated heterocycles. The van der Waals surface area contributed by atoms with Crippen LogP contribution in [0.5, 0.6) is 0 Å². The molecule has 0 aromatic heterocycles. The van der Waals surface area contributed by atoms with Crippen molar-refractivity contribution < 1.29 is 19.0 Å². The van der Waals surface area contributed by atoms with Crippen molar-refractivity contribution in [3.05, 3.63) is 0 Å². The molecule has 0 aromatic carbocycles. The molecule has 0 bridgehead atoms. The largest absolute Gasteiger partial charge is 0.468 e. The van der Waals surface area contributed by atoms with Gasteiger partial charge in [-0.15, -0.1) is 0 Å². The molecule has 0 heterocycles. The summed E-state index contributed by atoms with van der Waals surface area (Å²) in [5.74, 6) is -0.317. The Kier molecular flexibility index (Phi) is 5.18. The second-order valence-electron chi connectivity index (χ2n) is 4.21. The number of methoxy groups -OCH3 is 2. The van der Waals surface area contributed by atoms with E-state index < -0.39 is 5.54 Å². The Bertz CT molecular complexity index is 224. The quantitative estimate of drug-likeness (QED) is 0.550. The minimum Gasteiger partial charge on any atom is -0.468 e. The average Bonchev–Trinajstić information content (AvgIpc) is 2.31. The van der Waals surface area contributed by atoms with Gasteiger partial charge in [0.25, 0.3) is 0 Å². The number of carbonyl (C=O) groups is 1. The van der Waals surface area contributed by atoms with E-state index in [1.165, 1.54) is 7.11 Å². The van der Waals surface area contributed by atoms with Crippen molar-refractivity contribution in [3.63, 3.8) is 0 Å². The summed E-state index contributed by atoms with van der Waals surface area (Å²) in [4.78, 5) is 11.4. The molecule has 5 heteroatoms. The molecule has 5 nitrogen and oxygen atoms in total. The molecule has 1 fully saturated rings. The molecule has 0 atom stereocenters. The third-order valence-corrected chi connectivity index (χ3v) is 3.06. The summed E-state index contributed by atoms with van der Waals surface area (Å²) >= 11 is 0. The van der Waals surface area contributed by atoms with Gasteiger partial charge in [0.15, 0.2) is 0 Å². The highest BCUT2D eigenvalue weighted by Crippen LogP contribution is 2.28. The Labute approximate surface area is 96.2 Å². The number of carbonyl (C=O) groups excluding carboxylic acids is 1. The van der Waals surface area contributed by atoms with E-state index in [-0.39, 0.29) is 12.1 Å². The van der Waals surface area contributed by atoms with E-state index in [0.29, 0.717) is 26.1 Å². The van der Waals surface area contributed by atoms with Gasteiger partial charge in [0.2, 0.25) is 0 Å². The van der Waals surface area contributed by atoms with E-state index in [2.05, 4.69) is 0 Å². The first-order chi connectivity index (χ1) is 7.62. The van der Waals surface area contributed by atoms with Crippen LogP contribution in [0.25, 0.3) is 0 Å². The molecule has 0 spiro atoms. The van der Waals surface area contributed by atoms with Crippen molar-refractivity contribution in [2.75, 3.05) is 27.4 Å². The van der Waals surface area contributed by atoms with E-state index in [9.17, 15) is 4.79 Å². The monoisotopic (exact) mass is 231 g/mol. The molecule has 2 N–H and O–H groups in total. The van der Waals surface area contributed by atoms with Crippen molar-refractivity contribution in [1.29, 1.82) is 0 Å². The van der Waals surface area contributed by atoms with E-state index >= 15 is 0 Å². The standard InChI is InChI=1S/C11H21NO4/c1-14-7-8-16-9-3-5-11(12,6-4-9)10(13)15-2/h9H,3-8,12H2,1-2H3. The van der Waals surface area contributed by atoms with Crippen LogP contribution in [0.4, 0.5) is 0 Å². The zero-order chi connectivity index (χ0) is 12.0. The Morgan fingerprint density at radius 1 is 1.31 bits per heavy atom. The second-order valence-corrected chi connectivity index (χ2v) is 4.21. The van der Waals surface area contributed by atoms with Gasteiger partial charge in [-0.05, 0) is 25.7 Å². The molecule has 0 aliphatic heterocycles. The van der Waals surface area contributed by atoms with Crippen LogP contribution < -0.4 is 5.73 Å². The smallest absolute Gasteiger partial charge is 0.325 e. The van der Waals surface area contributed by atoms with Crippen molar-refractivity contribution in [2.24, 2.45) is 5.73 Å². The number of esters is 1. The Morgan fingerprint density at radius 3 is 2.44 bits per heavy atom. The summed E-state index contributed by atoms with van der Waals surface area (Å²) in [6.45, 7) is 1.19. The molecule has 1 aliphatic rings. The maximum absolute atomic E-state index is 11.4. The predicted molar refractivity (Wildman–Crippen MR) is 59.0 cm³/mol. The first-order valence-electron chi connectivity index (χ1n) is 5.60. The molecule has 0 unspecified atom stereocenters. The summed E-state index contributed by atoms with van der Waals surface area (Å²) < 4.78 is 15.2. The van der Waals surface area contributed by atoms with Crippen LogP contribution in [0.2, 0.25) is 0 Å². The third kappa shape index (κ3) is 3.43. The fourth-order valence-corrected chi connectivity index (χ4v) is 1.98. The molecule has 0 amide bonds. The molecule has 1 aliphatic carbocycles. The molecule has 94 valence electrons. The van der Waals surface area contributed by atoms with E-state index in [0.717, 1.165) is 12.8 Å². The van der Waals surface area contributed by atoms with Crippen LogP contribution in [0, 0.1) is 0 Å². The maximum atomic E-state index is 11.4. The lowest BCUT2D eigenvalue weighted by Crippen LogP contribution is -2.52. The molecular weight excluding hydrogens is 210 g/mol. The molecular formula is C11H21NO4. The number of hydrogen-bond acceptors (Lipinski definition) is 5. The zero-order valence-electron chi connectivity index (χ0n) is 10.0.